The van der Waals surface area contributed by atoms with Crippen molar-refractivity contribution in [2.75, 3.05) is 0 Å². The molecular formula is C14H10ClNOS. The highest BCUT2D eigenvalue weighted by Gasteiger charge is 2.25. The minimum absolute atomic E-state index is 0.190. The molecule has 18 heavy (non-hydrogen) atoms. The molecule has 0 bridgehead atoms. The molecule has 90 valence electrons. The van der Waals surface area contributed by atoms with Crippen molar-refractivity contribution in [2.24, 2.45) is 0 Å². The Bertz CT molecular complexity index is 627. The lowest BCUT2D eigenvalue weighted by Gasteiger charge is -2.10. The number of benzene rings is 1. The van der Waals surface area contributed by atoms with Gasteiger partial charge in [-0.2, -0.15) is 16.6 Å². The van der Waals surface area contributed by atoms with Crippen LogP contribution < -0.4 is 0 Å². The molecule has 0 amide bonds. The van der Waals surface area contributed by atoms with Gasteiger partial charge >= 0.3 is 0 Å². The van der Waals surface area contributed by atoms with Crippen molar-refractivity contribution in [1.82, 2.24) is 0 Å². The Kier molecular flexibility index (Phi) is 3.81. The third kappa shape index (κ3) is 2.31. The van der Waals surface area contributed by atoms with Crippen LogP contribution in [-0.4, -0.2) is 5.78 Å². The SMILES string of the molecule is Cc1cscc1C(=O)C(C#N)c1ccccc1Cl. The number of nitrogens with zero attached hydrogens (tertiary/aromatic N) is 1. The summed E-state index contributed by atoms with van der Waals surface area (Å²) in [7, 11) is 0. The van der Waals surface area contributed by atoms with Gasteiger partial charge in [0.25, 0.3) is 0 Å². The zero-order valence-electron chi connectivity index (χ0n) is 9.68. The van der Waals surface area contributed by atoms with Crippen molar-refractivity contribution in [3.05, 3.63) is 56.7 Å². The maximum Gasteiger partial charge on any atom is 0.185 e. The van der Waals surface area contributed by atoms with Gasteiger partial charge in [-0.05, 0) is 29.5 Å². The second kappa shape index (κ2) is 5.34. The van der Waals surface area contributed by atoms with E-state index in [1.165, 1.54) is 11.3 Å². The topological polar surface area (TPSA) is 40.9 Å². The molecule has 0 aliphatic carbocycles. The van der Waals surface area contributed by atoms with Crippen molar-refractivity contribution in [1.29, 1.82) is 5.26 Å². The number of thiophene rings is 1. The number of rotatable bonds is 3. The second-order valence-electron chi connectivity index (χ2n) is 3.92. The van der Waals surface area contributed by atoms with Crippen LogP contribution in [0.4, 0.5) is 0 Å². The number of hydrogen-bond donors (Lipinski definition) is 0. The number of carbonyl (C=O) groups excluding carboxylic acids is 1. The average Bonchev–Trinajstić information content (AvgIpc) is 2.78. The largest absolute Gasteiger partial charge is 0.292 e. The molecule has 0 fully saturated rings. The van der Waals surface area contributed by atoms with Gasteiger partial charge in [-0.15, -0.1) is 0 Å². The standard InChI is InChI=1S/C14H10ClNOS/c1-9-7-18-8-12(9)14(17)11(6-16)10-4-2-3-5-13(10)15/h2-5,7-8,11H,1H3. The summed E-state index contributed by atoms with van der Waals surface area (Å²) in [6, 6.07) is 9.01. The normalized spacial score (nSPS) is 11.8. The van der Waals surface area contributed by atoms with E-state index in [4.69, 9.17) is 11.6 Å². The van der Waals surface area contributed by atoms with Crippen LogP contribution in [0.15, 0.2) is 35.0 Å². The van der Waals surface area contributed by atoms with E-state index >= 15 is 0 Å². The Morgan fingerprint density at radius 2 is 2.11 bits per heavy atom. The van der Waals surface area contributed by atoms with Crippen LogP contribution in [0.3, 0.4) is 0 Å². The first-order chi connectivity index (χ1) is 8.65. The van der Waals surface area contributed by atoms with Crippen LogP contribution in [-0.2, 0) is 0 Å². The second-order valence-corrected chi connectivity index (χ2v) is 5.07. The lowest BCUT2D eigenvalue weighted by Crippen LogP contribution is -2.12. The third-order valence-electron chi connectivity index (χ3n) is 2.73. The molecule has 0 spiro atoms. The molecule has 1 unspecified atom stereocenters. The van der Waals surface area contributed by atoms with Crippen molar-refractivity contribution in [2.45, 2.75) is 12.8 Å². The van der Waals surface area contributed by atoms with Gasteiger partial charge in [0.05, 0.1) is 6.07 Å². The summed E-state index contributed by atoms with van der Waals surface area (Å²) in [4.78, 5) is 12.3. The molecule has 2 aromatic rings. The smallest absolute Gasteiger partial charge is 0.185 e. The monoisotopic (exact) mass is 275 g/mol. The van der Waals surface area contributed by atoms with Gasteiger partial charge in [0.1, 0.15) is 5.92 Å². The van der Waals surface area contributed by atoms with Gasteiger partial charge < -0.3 is 0 Å². The fourth-order valence-electron chi connectivity index (χ4n) is 1.75. The minimum Gasteiger partial charge on any atom is -0.292 e. The Morgan fingerprint density at radius 1 is 1.39 bits per heavy atom. The molecule has 0 N–H and O–H groups in total. The molecule has 1 aromatic carbocycles. The number of hydrogen-bond acceptors (Lipinski definition) is 3. The summed E-state index contributed by atoms with van der Waals surface area (Å²) < 4.78 is 0. The molecule has 2 rings (SSSR count). The maximum atomic E-state index is 12.3. The number of nitriles is 1. The maximum absolute atomic E-state index is 12.3. The van der Waals surface area contributed by atoms with Crippen LogP contribution >= 0.6 is 22.9 Å². The van der Waals surface area contributed by atoms with E-state index in [-0.39, 0.29) is 5.78 Å². The van der Waals surface area contributed by atoms with Gasteiger partial charge in [0, 0.05) is 16.0 Å². The molecule has 2 nitrogen and oxygen atoms in total. The molecule has 0 saturated heterocycles. The summed E-state index contributed by atoms with van der Waals surface area (Å²) >= 11 is 7.50. The zero-order valence-corrected chi connectivity index (χ0v) is 11.3. The first kappa shape index (κ1) is 12.8. The highest BCUT2D eigenvalue weighted by molar-refractivity contribution is 7.08. The van der Waals surface area contributed by atoms with Gasteiger partial charge in [-0.25, -0.2) is 0 Å². The van der Waals surface area contributed by atoms with E-state index in [1.54, 1.807) is 29.6 Å². The van der Waals surface area contributed by atoms with E-state index in [0.29, 0.717) is 16.1 Å². The van der Waals surface area contributed by atoms with E-state index in [1.807, 2.05) is 18.4 Å². The molecule has 0 radical (unpaired) electrons. The van der Waals surface area contributed by atoms with Crippen molar-refractivity contribution in [3.8, 4) is 6.07 Å². The van der Waals surface area contributed by atoms with Crippen LogP contribution in [0.5, 0.6) is 0 Å². The summed E-state index contributed by atoms with van der Waals surface area (Å²) in [6.07, 6.45) is 0. The van der Waals surface area contributed by atoms with Crippen molar-refractivity contribution < 1.29 is 4.79 Å². The van der Waals surface area contributed by atoms with Gasteiger partial charge in [0.2, 0.25) is 0 Å². The van der Waals surface area contributed by atoms with Crippen LogP contribution in [0.1, 0.15) is 27.4 Å². The fourth-order valence-corrected chi connectivity index (χ4v) is 2.83. The predicted molar refractivity (Wildman–Crippen MR) is 73.2 cm³/mol. The number of aryl methyl sites for hydroxylation is 1. The molecule has 1 atom stereocenters. The quantitative estimate of drug-likeness (QED) is 0.788. The van der Waals surface area contributed by atoms with E-state index in [9.17, 15) is 10.1 Å². The highest BCUT2D eigenvalue weighted by Crippen LogP contribution is 2.28. The molecule has 0 aliphatic heterocycles. The molecule has 4 heteroatoms. The van der Waals surface area contributed by atoms with Crippen LogP contribution in [0, 0.1) is 18.3 Å². The third-order valence-corrected chi connectivity index (χ3v) is 3.93. The number of Topliss-reactive ketones (excluding diaryl/α,β-unsaturated/α-hetero) is 1. The van der Waals surface area contributed by atoms with Crippen LogP contribution in [0.2, 0.25) is 5.02 Å². The fraction of sp³-hybridized carbons (Fsp3) is 0.143. The molecular weight excluding hydrogens is 266 g/mol. The number of carbonyl (C=O) groups is 1. The Morgan fingerprint density at radius 3 is 2.67 bits per heavy atom. The first-order valence-corrected chi connectivity index (χ1v) is 6.68. The van der Waals surface area contributed by atoms with Gasteiger partial charge in [0.15, 0.2) is 5.78 Å². The Hall–Kier alpha value is -1.63. The van der Waals surface area contributed by atoms with Crippen molar-refractivity contribution >= 4 is 28.7 Å². The lowest BCUT2D eigenvalue weighted by molar-refractivity contribution is 0.0979. The summed E-state index contributed by atoms with van der Waals surface area (Å²) in [5.74, 6) is -1.03. The average molecular weight is 276 g/mol. The molecule has 0 saturated carbocycles. The Labute approximate surface area is 114 Å². The minimum atomic E-state index is -0.841. The molecule has 1 heterocycles. The highest BCUT2D eigenvalue weighted by atomic mass is 35.5. The van der Waals surface area contributed by atoms with Gasteiger partial charge in [-0.1, -0.05) is 29.8 Å². The van der Waals surface area contributed by atoms with Crippen molar-refractivity contribution in [3.63, 3.8) is 0 Å². The predicted octanol–water partition coefficient (Wildman–Crippen LogP) is 4.20. The zero-order chi connectivity index (χ0) is 13.1. The lowest BCUT2D eigenvalue weighted by atomic mass is 9.92. The van der Waals surface area contributed by atoms with E-state index in [2.05, 4.69) is 0 Å². The van der Waals surface area contributed by atoms with Crippen LogP contribution in [0.25, 0.3) is 0 Å². The summed E-state index contributed by atoms with van der Waals surface area (Å²) in [5, 5.41) is 13.4. The number of halogens is 1. The number of ketones is 1. The molecule has 1 aromatic heterocycles. The van der Waals surface area contributed by atoms with E-state index in [0.717, 1.165) is 5.56 Å². The Balaban J connectivity index is 2.43. The molecule has 0 aliphatic rings. The summed E-state index contributed by atoms with van der Waals surface area (Å²) in [6.45, 7) is 1.87. The summed E-state index contributed by atoms with van der Waals surface area (Å²) in [5.41, 5.74) is 2.07. The van der Waals surface area contributed by atoms with E-state index < -0.39 is 5.92 Å². The van der Waals surface area contributed by atoms with Gasteiger partial charge in [-0.3, -0.25) is 4.79 Å². The first-order valence-electron chi connectivity index (χ1n) is 5.36.